The average molecular weight is 382 g/mol. The molecule has 1 nitrogen and oxygen atoms in total. The lowest BCUT2D eigenvalue weighted by atomic mass is 9.86. The monoisotopic (exact) mass is 381 g/mol. The van der Waals surface area contributed by atoms with E-state index in [1.165, 1.54) is 42.5 Å². The van der Waals surface area contributed by atoms with E-state index in [-0.39, 0.29) is 5.54 Å². The minimum absolute atomic E-state index is 0.0996. The van der Waals surface area contributed by atoms with Crippen LogP contribution in [-0.2, 0) is 5.54 Å². The second kappa shape index (κ2) is 9.13. The highest BCUT2D eigenvalue weighted by Gasteiger charge is 2.63. The summed E-state index contributed by atoms with van der Waals surface area (Å²) in [5.74, 6) is 0. The van der Waals surface area contributed by atoms with Gasteiger partial charge in [-0.15, -0.1) is 0 Å². The van der Waals surface area contributed by atoms with Gasteiger partial charge in [-0.3, -0.25) is 0 Å². The zero-order chi connectivity index (χ0) is 19.9. The van der Waals surface area contributed by atoms with Gasteiger partial charge in [-0.25, -0.2) is 0 Å². The number of hydrogen-bond acceptors (Lipinski definition) is 1. The molecule has 3 aromatic carbocycles. The van der Waals surface area contributed by atoms with Crippen molar-refractivity contribution in [3.8, 4) is 0 Å². The number of unbranched alkanes of at least 4 members (excludes halogenated alkanes) is 3. The molecule has 0 amide bonds. The standard InChI is InChI=1S/C28H31N/c1-2-3-4-5-6-16-23-27-28(24-17-10-7-11-18-24,25-19-12-8-13-20-25)29(27)26-21-14-9-15-22-26/h6-22,27H,2-5,23H2,1H3/b16-6+/t27-,29?/m0/s1. The van der Waals surface area contributed by atoms with E-state index < -0.39 is 0 Å². The van der Waals surface area contributed by atoms with Crippen LogP contribution in [0.25, 0.3) is 0 Å². The molecule has 1 saturated heterocycles. The maximum atomic E-state index is 2.61. The topological polar surface area (TPSA) is 3.01 Å². The van der Waals surface area contributed by atoms with Crippen molar-refractivity contribution in [2.24, 2.45) is 0 Å². The fourth-order valence-corrected chi connectivity index (χ4v) is 4.67. The minimum Gasteiger partial charge on any atom is -0.349 e. The lowest BCUT2D eigenvalue weighted by Crippen LogP contribution is -2.18. The van der Waals surface area contributed by atoms with Gasteiger partial charge in [0.15, 0.2) is 0 Å². The quantitative estimate of drug-likeness (QED) is 0.213. The first-order chi connectivity index (χ1) is 14.4. The summed E-state index contributed by atoms with van der Waals surface area (Å²) in [4.78, 5) is 2.61. The molecule has 0 N–H and O–H groups in total. The molecule has 3 aromatic rings. The predicted molar refractivity (Wildman–Crippen MR) is 124 cm³/mol. The Labute approximate surface area is 175 Å². The van der Waals surface area contributed by atoms with Gasteiger partial charge in [0, 0.05) is 5.69 Å². The van der Waals surface area contributed by atoms with E-state index in [4.69, 9.17) is 0 Å². The summed E-state index contributed by atoms with van der Waals surface area (Å²) in [6.07, 6.45) is 10.9. The summed E-state index contributed by atoms with van der Waals surface area (Å²) in [5.41, 5.74) is 3.95. The number of hydrogen-bond donors (Lipinski definition) is 0. The van der Waals surface area contributed by atoms with Gasteiger partial charge >= 0.3 is 0 Å². The highest BCUT2D eigenvalue weighted by Crippen LogP contribution is 2.58. The summed E-state index contributed by atoms with van der Waals surface area (Å²) < 4.78 is 0. The second-order valence-electron chi connectivity index (χ2n) is 7.92. The molecule has 1 fully saturated rings. The molecule has 0 aromatic heterocycles. The van der Waals surface area contributed by atoms with Gasteiger partial charge in [0.1, 0.15) is 5.54 Å². The van der Waals surface area contributed by atoms with Crippen LogP contribution in [-0.4, -0.2) is 6.04 Å². The van der Waals surface area contributed by atoms with E-state index in [1.807, 2.05) is 0 Å². The van der Waals surface area contributed by atoms with Gasteiger partial charge in [-0.05, 0) is 42.5 Å². The Bertz CT molecular complexity index is 859. The first-order valence-corrected chi connectivity index (χ1v) is 11.0. The first kappa shape index (κ1) is 19.5. The molecule has 1 atom stereocenters. The summed E-state index contributed by atoms with van der Waals surface area (Å²) in [6.45, 7) is 2.26. The predicted octanol–water partition coefficient (Wildman–Crippen LogP) is 7.35. The fraction of sp³-hybridized carbons (Fsp3) is 0.286. The number of rotatable bonds is 9. The third kappa shape index (κ3) is 3.87. The van der Waals surface area contributed by atoms with Gasteiger partial charge in [0.25, 0.3) is 0 Å². The molecule has 0 spiro atoms. The fourth-order valence-electron chi connectivity index (χ4n) is 4.67. The molecule has 0 unspecified atom stereocenters. The molecule has 1 aliphatic heterocycles. The Hall–Kier alpha value is -2.80. The zero-order valence-electron chi connectivity index (χ0n) is 17.4. The van der Waals surface area contributed by atoms with Crippen LogP contribution in [0.5, 0.6) is 0 Å². The van der Waals surface area contributed by atoms with Crippen molar-refractivity contribution in [1.82, 2.24) is 0 Å². The number of benzene rings is 3. The lowest BCUT2D eigenvalue weighted by Gasteiger charge is -2.20. The highest BCUT2D eigenvalue weighted by molar-refractivity contribution is 5.69. The Morgan fingerprint density at radius 2 is 1.28 bits per heavy atom. The Balaban J connectivity index is 1.70. The maximum absolute atomic E-state index is 2.61. The van der Waals surface area contributed by atoms with Gasteiger partial charge in [-0.1, -0.05) is 111 Å². The van der Waals surface area contributed by atoms with Gasteiger partial charge in [0.2, 0.25) is 0 Å². The first-order valence-electron chi connectivity index (χ1n) is 11.0. The summed E-state index contributed by atoms with van der Waals surface area (Å²) in [5, 5.41) is 0. The normalized spacial score (nSPS) is 17.6. The third-order valence-electron chi connectivity index (χ3n) is 6.07. The lowest BCUT2D eigenvalue weighted by molar-refractivity contribution is 0.726. The number of anilines is 1. The molecule has 0 saturated carbocycles. The van der Waals surface area contributed by atoms with Crippen molar-refractivity contribution in [3.63, 3.8) is 0 Å². The van der Waals surface area contributed by atoms with E-state index in [0.717, 1.165) is 6.42 Å². The molecule has 148 valence electrons. The summed E-state index contributed by atoms with van der Waals surface area (Å²) in [7, 11) is 0. The molecule has 1 heterocycles. The third-order valence-corrected chi connectivity index (χ3v) is 6.07. The summed E-state index contributed by atoms with van der Waals surface area (Å²) in [6, 6.07) is 33.3. The largest absolute Gasteiger partial charge is 0.349 e. The number of nitrogens with zero attached hydrogens (tertiary/aromatic N) is 1. The molecule has 1 heteroatoms. The van der Waals surface area contributed by atoms with Crippen molar-refractivity contribution >= 4 is 5.69 Å². The van der Waals surface area contributed by atoms with Crippen molar-refractivity contribution < 1.29 is 0 Å². The minimum atomic E-state index is -0.0996. The van der Waals surface area contributed by atoms with E-state index in [9.17, 15) is 0 Å². The number of para-hydroxylation sites is 1. The molecule has 29 heavy (non-hydrogen) atoms. The second-order valence-corrected chi connectivity index (χ2v) is 7.92. The Morgan fingerprint density at radius 3 is 1.83 bits per heavy atom. The smallest absolute Gasteiger partial charge is 0.112 e. The van der Waals surface area contributed by atoms with E-state index in [1.54, 1.807) is 0 Å². The maximum Gasteiger partial charge on any atom is 0.112 e. The van der Waals surface area contributed by atoms with Gasteiger partial charge in [-0.2, -0.15) is 0 Å². The molecule has 0 bridgehead atoms. The molecule has 0 aliphatic carbocycles. The Morgan fingerprint density at radius 1 is 0.724 bits per heavy atom. The molecular weight excluding hydrogens is 350 g/mol. The zero-order valence-corrected chi connectivity index (χ0v) is 17.4. The van der Waals surface area contributed by atoms with Crippen molar-refractivity contribution in [1.29, 1.82) is 0 Å². The van der Waals surface area contributed by atoms with Crippen LogP contribution in [0.4, 0.5) is 5.69 Å². The van der Waals surface area contributed by atoms with Crippen LogP contribution in [0, 0.1) is 0 Å². The molecule has 1 aliphatic rings. The summed E-state index contributed by atoms with van der Waals surface area (Å²) >= 11 is 0. The van der Waals surface area contributed by atoms with Gasteiger partial charge in [0.05, 0.1) is 6.04 Å². The van der Waals surface area contributed by atoms with Crippen molar-refractivity contribution in [2.45, 2.75) is 50.6 Å². The van der Waals surface area contributed by atoms with Crippen LogP contribution >= 0.6 is 0 Å². The van der Waals surface area contributed by atoms with Crippen molar-refractivity contribution in [3.05, 3.63) is 114 Å². The molecular formula is C28H31N. The van der Waals surface area contributed by atoms with Crippen LogP contribution in [0.2, 0.25) is 0 Å². The van der Waals surface area contributed by atoms with Crippen LogP contribution in [0.3, 0.4) is 0 Å². The Kier molecular flexibility index (Phi) is 6.14. The van der Waals surface area contributed by atoms with E-state index in [0.29, 0.717) is 6.04 Å². The SMILES string of the molecule is CCCCC/C=C/C[C@@H]1N(c2ccccc2)C1(c1ccccc1)c1ccccc1. The average Bonchev–Trinajstić information content (AvgIpc) is 3.47. The highest BCUT2D eigenvalue weighted by atomic mass is 15.4. The van der Waals surface area contributed by atoms with E-state index in [2.05, 4.69) is 115 Å². The van der Waals surface area contributed by atoms with Crippen LogP contribution in [0.1, 0.15) is 50.2 Å². The molecule has 0 radical (unpaired) electrons. The molecule has 4 rings (SSSR count). The van der Waals surface area contributed by atoms with Gasteiger partial charge < -0.3 is 4.90 Å². The van der Waals surface area contributed by atoms with E-state index >= 15 is 0 Å². The number of allylic oxidation sites excluding steroid dienone is 1. The van der Waals surface area contributed by atoms with Crippen LogP contribution in [0.15, 0.2) is 103 Å². The van der Waals surface area contributed by atoms with Crippen molar-refractivity contribution in [2.75, 3.05) is 4.90 Å². The van der Waals surface area contributed by atoms with Crippen LogP contribution < -0.4 is 4.90 Å².